The first kappa shape index (κ1) is 19.5. The zero-order chi connectivity index (χ0) is 19.9. The maximum absolute atomic E-state index is 12.9. The minimum absolute atomic E-state index is 0.118. The molecule has 6 nitrogen and oxygen atoms in total. The molecule has 0 bridgehead atoms. The van der Waals surface area contributed by atoms with Gasteiger partial charge in [0.25, 0.3) is 0 Å². The van der Waals surface area contributed by atoms with Gasteiger partial charge in [-0.1, -0.05) is 38.1 Å². The average Bonchev–Trinajstić information content (AvgIpc) is 3.22. The molecule has 0 fully saturated rings. The molecule has 0 aliphatic carbocycles. The van der Waals surface area contributed by atoms with Crippen LogP contribution in [0.1, 0.15) is 19.4 Å². The molecule has 3 aromatic rings. The van der Waals surface area contributed by atoms with Crippen LogP contribution in [0.3, 0.4) is 0 Å². The van der Waals surface area contributed by atoms with Crippen LogP contribution in [0.4, 0.5) is 10.5 Å². The zero-order valence-corrected chi connectivity index (χ0v) is 16.5. The Labute approximate surface area is 165 Å². The van der Waals surface area contributed by atoms with Crippen molar-refractivity contribution in [1.29, 1.82) is 0 Å². The fourth-order valence-corrected chi connectivity index (χ4v) is 3.01. The number of urea groups is 1. The van der Waals surface area contributed by atoms with E-state index in [1.165, 1.54) is 0 Å². The molecule has 0 unspecified atom stereocenters. The van der Waals surface area contributed by atoms with Crippen molar-refractivity contribution in [3.05, 3.63) is 66.5 Å². The van der Waals surface area contributed by atoms with Gasteiger partial charge in [0.2, 0.25) is 0 Å². The number of nitrogens with one attached hydrogen (secondary N) is 2. The third-order valence-electron chi connectivity index (χ3n) is 4.35. The second kappa shape index (κ2) is 9.08. The Kier molecular flexibility index (Phi) is 6.32. The molecule has 2 aromatic carbocycles. The van der Waals surface area contributed by atoms with Crippen LogP contribution < -0.4 is 10.1 Å². The van der Waals surface area contributed by atoms with E-state index in [0.717, 1.165) is 28.1 Å². The lowest BCUT2D eigenvalue weighted by molar-refractivity contribution is 0.201. The third-order valence-corrected chi connectivity index (χ3v) is 4.35. The quantitative estimate of drug-likeness (QED) is 0.622. The van der Waals surface area contributed by atoms with Gasteiger partial charge in [-0.25, -0.2) is 4.79 Å². The fraction of sp³-hybridized carbons (Fsp3) is 0.273. The summed E-state index contributed by atoms with van der Waals surface area (Å²) in [5, 5.41) is 9.77. The highest BCUT2D eigenvalue weighted by Gasteiger charge is 2.16. The van der Waals surface area contributed by atoms with Crippen LogP contribution in [-0.2, 0) is 6.54 Å². The van der Waals surface area contributed by atoms with Gasteiger partial charge in [0, 0.05) is 30.5 Å². The van der Waals surface area contributed by atoms with Crippen molar-refractivity contribution in [3.8, 4) is 16.9 Å². The molecule has 2 N–H and O–H groups in total. The van der Waals surface area contributed by atoms with Gasteiger partial charge in [0.1, 0.15) is 5.75 Å². The first-order chi connectivity index (χ1) is 13.5. The number of methoxy groups -OCH3 is 1. The third kappa shape index (κ3) is 5.13. The molecule has 28 heavy (non-hydrogen) atoms. The normalized spacial score (nSPS) is 10.7. The number of hydrogen-bond donors (Lipinski definition) is 2. The van der Waals surface area contributed by atoms with Crippen LogP contribution in [0.25, 0.3) is 11.1 Å². The van der Waals surface area contributed by atoms with Gasteiger partial charge in [-0.2, -0.15) is 5.10 Å². The van der Waals surface area contributed by atoms with E-state index in [9.17, 15) is 4.79 Å². The lowest BCUT2D eigenvalue weighted by atomic mass is 10.1. The molecule has 0 spiro atoms. The van der Waals surface area contributed by atoms with Crippen molar-refractivity contribution < 1.29 is 9.53 Å². The smallest absolute Gasteiger partial charge is 0.322 e. The van der Waals surface area contributed by atoms with Crippen LogP contribution in [0, 0.1) is 5.92 Å². The summed E-state index contributed by atoms with van der Waals surface area (Å²) in [7, 11) is 1.64. The SMILES string of the molecule is COc1cccc(CN(CC(C)C)C(=O)Nc2ccc(-c3cn[nH]c3)cc2)c1. The van der Waals surface area contributed by atoms with Crippen LogP contribution >= 0.6 is 0 Å². The van der Waals surface area contributed by atoms with Crippen molar-refractivity contribution in [2.75, 3.05) is 19.0 Å². The maximum Gasteiger partial charge on any atom is 0.322 e. The monoisotopic (exact) mass is 378 g/mol. The number of H-pyrrole nitrogens is 1. The summed E-state index contributed by atoms with van der Waals surface area (Å²) in [5.41, 5.74) is 3.85. The summed E-state index contributed by atoms with van der Waals surface area (Å²) >= 11 is 0. The molecule has 0 aliphatic heterocycles. The van der Waals surface area contributed by atoms with Crippen molar-refractivity contribution in [1.82, 2.24) is 15.1 Å². The Morgan fingerprint density at radius 1 is 1.18 bits per heavy atom. The molecule has 1 heterocycles. The molecule has 0 aliphatic rings. The van der Waals surface area contributed by atoms with Gasteiger partial charge in [0.15, 0.2) is 0 Å². The Morgan fingerprint density at radius 3 is 2.61 bits per heavy atom. The average molecular weight is 378 g/mol. The highest BCUT2D eigenvalue weighted by molar-refractivity contribution is 5.89. The Balaban J connectivity index is 1.70. The lowest BCUT2D eigenvalue weighted by Crippen LogP contribution is -2.37. The number of benzene rings is 2. The molecular formula is C22H26N4O2. The highest BCUT2D eigenvalue weighted by atomic mass is 16.5. The van der Waals surface area contributed by atoms with E-state index < -0.39 is 0 Å². The highest BCUT2D eigenvalue weighted by Crippen LogP contribution is 2.21. The van der Waals surface area contributed by atoms with E-state index in [-0.39, 0.29) is 6.03 Å². The molecular weight excluding hydrogens is 352 g/mol. The van der Waals surface area contributed by atoms with Gasteiger partial charge < -0.3 is 15.0 Å². The van der Waals surface area contributed by atoms with Crippen molar-refractivity contribution in [3.63, 3.8) is 0 Å². The summed E-state index contributed by atoms with van der Waals surface area (Å²) in [6, 6.07) is 15.4. The molecule has 146 valence electrons. The van der Waals surface area contributed by atoms with Gasteiger partial charge in [-0.15, -0.1) is 0 Å². The van der Waals surface area contributed by atoms with E-state index in [1.54, 1.807) is 13.3 Å². The molecule has 6 heteroatoms. The van der Waals surface area contributed by atoms with Gasteiger partial charge in [-0.3, -0.25) is 5.10 Å². The second-order valence-electron chi connectivity index (χ2n) is 7.12. The molecule has 3 rings (SSSR count). The maximum atomic E-state index is 12.9. The largest absolute Gasteiger partial charge is 0.497 e. The predicted molar refractivity (Wildman–Crippen MR) is 111 cm³/mol. The van der Waals surface area contributed by atoms with Gasteiger partial charge in [-0.05, 0) is 41.3 Å². The van der Waals surface area contributed by atoms with Crippen molar-refractivity contribution in [2.45, 2.75) is 20.4 Å². The zero-order valence-electron chi connectivity index (χ0n) is 16.5. The molecule has 0 saturated carbocycles. The number of nitrogens with zero attached hydrogens (tertiary/aromatic N) is 2. The second-order valence-corrected chi connectivity index (χ2v) is 7.12. The predicted octanol–water partition coefficient (Wildman–Crippen LogP) is 4.78. The lowest BCUT2D eigenvalue weighted by Gasteiger charge is -2.25. The van der Waals surface area contributed by atoms with E-state index in [4.69, 9.17) is 4.74 Å². The van der Waals surface area contributed by atoms with Crippen LogP contribution in [-0.4, -0.2) is 34.8 Å². The van der Waals surface area contributed by atoms with E-state index in [1.807, 2.05) is 59.6 Å². The standard InChI is InChI=1S/C22H26N4O2/c1-16(2)14-26(15-17-5-4-6-21(11-17)28-3)22(27)25-20-9-7-18(8-10-20)19-12-23-24-13-19/h4-13,16H,14-15H2,1-3H3,(H,23,24)(H,25,27). The number of ether oxygens (including phenoxy) is 1. The van der Waals surface area contributed by atoms with Crippen LogP contribution in [0.5, 0.6) is 5.75 Å². The topological polar surface area (TPSA) is 70.2 Å². The van der Waals surface area contributed by atoms with Crippen molar-refractivity contribution in [2.24, 2.45) is 5.92 Å². The Morgan fingerprint density at radius 2 is 1.96 bits per heavy atom. The van der Waals surface area contributed by atoms with Crippen LogP contribution in [0.2, 0.25) is 0 Å². The molecule has 0 atom stereocenters. The van der Waals surface area contributed by atoms with Gasteiger partial charge >= 0.3 is 6.03 Å². The number of amides is 2. The van der Waals surface area contributed by atoms with Crippen LogP contribution in [0.15, 0.2) is 60.9 Å². The first-order valence-electron chi connectivity index (χ1n) is 9.33. The summed E-state index contributed by atoms with van der Waals surface area (Å²) in [6.07, 6.45) is 3.61. The van der Waals surface area contributed by atoms with E-state index in [2.05, 4.69) is 29.4 Å². The summed E-state index contributed by atoms with van der Waals surface area (Å²) in [5.74, 6) is 1.15. The van der Waals surface area contributed by atoms with E-state index >= 15 is 0 Å². The summed E-state index contributed by atoms with van der Waals surface area (Å²) in [6.45, 7) is 5.39. The number of aromatic nitrogens is 2. The Hall–Kier alpha value is -3.28. The van der Waals surface area contributed by atoms with Gasteiger partial charge in [0.05, 0.1) is 13.3 Å². The Bertz CT molecular complexity index is 889. The minimum Gasteiger partial charge on any atom is -0.497 e. The number of hydrogen-bond acceptors (Lipinski definition) is 3. The first-order valence-corrected chi connectivity index (χ1v) is 9.33. The number of carbonyl (C=O) groups excluding carboxylic acids is 1. The molecule has 0 saturated heterocycles. The summed E-state index contributed by atoms with van der Waals surface area (Å²) < 4.78 is 5.29. The van der Waals surface area contributed by atoms with Crippen molar-refractivity contribution >= 4 is 11.7 Å². The minimum atomic E-state index is -0.118. The number of anilines is 1. The van der Waals surface area contributed by atoms with E-state index in [0.29, 0.717) is 19.0 Å². The summed E-state index contributed by atoms with van der Waals surface area (Å²) in [4.78, 5) is 14.7. The number of rotatable bonds is 7. The number of aromatic amines is 1. The molecule has 0 radical (unpaired) electrons. The fourth-order valence-electron chi connectivity index (χ4n) is 3.01. The molecule has 2 amide bonds. The molecule has 1 aromatic heterocycles. The number of carbonyl (C=O) groups is 1.